The van der Waals surface area contributed by atoms with Crippen LogP contribution in [-0.2, 0) is 19.6 Å². The van der Waals surface area contributed by atoms with Crippen LogP contribution in [0.25, 0.3) is 0 Å². The van der Waals surface area contributed by atoms with Crippen LogP contribution in [0.1, 0.15) is 34.9 Å². The summed E-state index contributed by atoms with van der Waals surface area (Å²) >= 11 is 1.25. The van der Waals surface area contributed by atoms with Gasteiger partial charge in [0.15, 0.2) is 5.01 Å². The van der Waals surface area contributed by atoms with E-state index < -0.39 is 22.1 Å². The fourth-order valence-corrected chi connectivity index (χ4v) is 5.32. The topological polar surface area (TPSA) is 129 Å². The quantitative estimate of drug-likeness (QED) is 0.596. The number of fused-ring (bicyclic) bond motifs is 1. The van der Waals surface area contributed by atoms with Gasteiger partial charge in [0.1, 0.15) is 6.04 Å². The van der Waals surface area contributed by atoms with Gasteiger partial charge in [0, 0.05) is 42.7 Å². The van der Waals surface area contributed by atoms with Crippen molar-refractivity contribution in [2.24, 2.45) is 5.92 Å². The summed E-state index contributed by atoms with van der Waals surface area (Å²) in [5, 5.41) is 3.03. The van der Waals surface area contributed by atoms with E-state index in [-0.39, 0.29) is 54.3 Å². The van der Waals surface area contributed by atoms with E-state index in [1.807, 2.05) is 6.92 Å². The summed E-state index contributed by atoms with van der Waals surface area (Å²) in [7, 11) is -3.42. The van der Waals surface area contributed by atoms with E-state index in [1.54, 1.807) is 24.9 Å². The molecule has 3 heterocycles. The Morgan fingerprint density at radius 1 is 1.33 bits per heavy atom. The first-order valence-corrected chi connectivity index (χ1v) is 12.5. The van der Waals surface area contributed by atoms with Gasteiger partial charge < -0.3 is 15.1 Å². The molecule has 2 N–H and O–H groups in total. The van der Waals surface area contributed by atoms with Gasteiger partial charge in [-0.25, -0.2) is 18.1 Å². The Bertz CT molecular complexity index is 945. The Kier molecular flexibility index (Phi) is 6.48. The number of sulfonamides is 1. The molecule has 10 nitrogen and oxygen atoms in total. The second kappa shape index (κ2) is 8.60. The van der Waals surface area contributed by atoms with Crippen molar-refractivity contribution < 1.29 is 22.8 Å². The van der Waals surface area contributed by atoms with Crippen LogP contribution in [0.2, 0.25) is 0 Å². The molecule has 2 aliphatic heterocycles. The Balaban J connectivity index is 1.83. The molecule has 2 saturated heterocycles. The summed E-state index contributed by atoms with van der Waals surface area (Å²) in [6, 6.07) is -1.56. The molecule has 0 saturated carbocycles. The lowest BCUT2D eigenvalue weighted by Crippen LogP contribution is -2.64. The zero-order chi connectivity index (χ0) is 22.2. The van der Waals surface area contributed by atoms with E-state index in [1.165, 1.54) is 16.2 Å². The Labute approximate surface area is 180 Å². The molecule has 2 fully saturated rings. The number of aromatic nitrogens is 1. The van der Waals surface area contributed by atoms with Crippen molar-refractivity contribution in [3.8, 4) is 0 Å². The molecular formula is C18H27N5O5S2. The van der Waals surface area contributed by atoms with Crippen LogP contribution in [0.15, 0.2) is 6.20 Å². The normalized spacial score (nSPS) is 24.3. The first-order chi connectivity index (χ1) is 14.0. The van der Waals surface area contributed by atoms with Gasteiger partial charge in [-0.1, -0.05) is 13.8 Å². The van der Waals surface area contributed by atoms with Gasteiger partial charge in [-0.15, -0.1) is 11.3 Å². The van der Waals surface area contributed by atoms with Crippen LogP contribution < -0.4 is 10.0 Å². The number of hydrogen-bond acceptors (Lipinski definition) is 7. The molecule has 166 valence electrons. The zero-order valence-corrected chi connectivity index (χ0v) is 19.0. The number of aryl methyl sites for hydroxylation is 1. The fourth-order valence-electron chi connectivity index (χ4n) is 3.83. The van der Waals surface area contributed by atoms with Gasteiger partial charge in [0.25, 0.3) is 5.91 Å². The van der Waals surface area contributed by atoms with E-state index in [2.05, 4.69) is 15.0 Å². The molecule has 0 spiro atoms. The van der Waals surface area contributed by atoms with E-state index >= 15 is 0 Å². The van der Waals surface area contributed by atoms with Gasteiger partial charge in [-0.05, 0) is 13.3 Å². The van der Waals surface area contributed by atoms with Crippen molar-refractivity contribution in [1.82, 2.24) is 24.8 Å². The predicted octanol–water partition coefficient (Wildman–Crippen LogP) is -0.433. The van der Waals surface area contributed by atoms with Crippen LogP contribution in [0, 0.1) is 12.8 Å². The highest BCUT2D eigenvalue weighted by Crippen LogP contribution is 2.28. The number of hydrogen-bond donors (Lipinski definition) is 2. The molecule has 12 heteroatoms. The number of nitrogens with one attached hydrogen (secondary N) is 2. The van der Waals surface area contributed by atoms with Crippen molar-refractivity contribution in [2.75, 3.05) is 25.9 Å². The molecule has 3 amide bonds. The summed E-state index contributed by atoms with van der Waals surface area (Å²) in [5.41, 5.74) is 0. The molecule has 3 rings (SSSR count). The highest BCUT2D eigenvalue weighted by atomic mass is 32.2. The molecule has 2 aliphatic rings. The third-order valence-corrected chi connectivity index (χ3v) is 6.87. The van der Waals surface area contributed by atoms with Gasteiger partial charge in [0.05, 0.1) is 12.3 Å². The molecule has 30 heavy (non-hydrogen) atoms. The summed E-state index contributed by atoms with van der Waals surface area (Å²) in [5.74, 6) is -1.11. The first-order valence-electron chi connectivity index (χ1n) is 9.75. The van der Waals surface area contributed by atoms with Crippen molar-refractivity contribution in [2.45, 2.75) is 45.3 Å². The maximum absolute atomic E-state index is 13.2. The third kappa shape index (κ3) is 4.98. The van der Waals surface area contributed by atoms with Gasteiger partial charge in [-0.2, -0.15) is 0 Å². The number of thiazole rings is 1. The summed E-state index contributed by atoms with van der Waals surface area (Å²) in [4.78, 5) is 46.5. The third-order valence-electron chi connectivity index (χ3n) is 5.21. The maximum atomic E-state index is 13.2. The van der Waals surface area contributed by atoms with E-state index in [0.29, 0.717) is 6.42 Å². The predicted molar refractivity (Wildman–Crippen MR) is 111 cm³/mol. The van der Waals surface area contributed by atoms with E-state index in [9.17, 15) is 22.8 Å². The number of carbonyl (C=O) groups excluding carboxylic acids is 3. The monoisotopic (exact) mass is 457 g/mol. The van der Waals surface area contributed by atoms with Crippen LogP contribution in [-0.4, -0.2) is 84.9 Å². The Hall–Kier alpha value is -2.05. The summed E-state index contributed by atoms with van der Waals surface area (Å²) in [6.07, 6.45) is 3.11. The largest absolute Gasteiger partial charge is 0.353 e. The number of amides is 3. The molecule has 0 aromatic carbocycles. The number of rotatable bonds is 6. The fraction of sp³-hybridized carbons (Fsp3) is 0.667. The van der Waals surface area contributed by atoms with E-state index in [0.717, 1.165) is 11.1 Å². The molecule has 1 aromatic rings. The first kappa shape index (κ1) is 22.6. The van der Waals surface area contributed by atoms with Crippen molar-refractivity contribution in [1.29, 1.82) is 0 Å². The lowest BCUT2D eigenvalue weighted by Gasteiger charge is -2.42. The number of nitrogens with zero attached hydrogens (tertiary/aromatic N) is 3. The molecule has 1 aromatic heterocycles. The van der Waals surface area contributed by atoms with Crippen LogP contribution >= 0.6 is 11.3 Å². The van der Waals surface area contributed by atoms with Gasteiger partial charge >= 0.3 is 0 Å². The lowest BCUT2D eigenvalue weighted by molar-refractivity contribution is -0.142. The Morgan fingerprint density at radius 2 is 2.03 bits per heavy atom. The molecular weight excluding hydrogens is 430 g/mol. The highest BCUT2D eigenvalue weighted by Gasteiger charge is 2.47. The van der Waals surface area contributed by atoms with Crippen LogP contribution in [0.4, 0.5) is 0 Å². The van der Waals surface area contributed by atoms with Crippen molar-refractivity contribution in [3.05, 3.63) is 16.1 Å². The number of carbonyl (C=O) groups is 3. The summed E-state index contributed by atoms with van der Waals surface area (Å²) < 4.78 is 25.8. The average Bonchev–Trinajstić information content (AvgIpc) is 3.24. The standard InChI is InChI=1S/C18H27N5O5S2/c1-10(2)15(24)19-7-14-17(25)22-8-12(21-30(4,27)28)5-13(22)9-23(14)18(26)16-20-6-11(3)29-16/h6,10,12-14,21H,5,7-9H2,1-4H3,(H,19,24)/t12-,13-,14-/m0/s1. The smallest absolute Gasteiger partial charge is 0.283 e. The minimum Gasteiger partial charge on any atom is -0.353 e. The van der Waals surface area contributed by atoms with Crippen LogP contribution in [0.3, 0.4) is 0 Å². The van der Waals surface area contributed by atoms with Gasteiger partial charge in [0.2, 0.25) is 21.8 Å². The zero-order valence-electron chi connectivity index (χ0n) is 17.4. The molecule has 0 unspecified atom stereocenters. The van der Waals surface area contributed by atoms with Crippen molar-refractivity contribution in [3.63, 3.8) is 0 Å². The minimum absolute atomic E-state index is 0.000659. The lowest BCUT2D eigenvalue weighted by atomic mass is 10.0. The molecule has 0 aliphatic carbocycles. The second-order valence-electron chi connectivity index (χ2n) is 8.12. The maximum Gasteiger partial charge on any atom is 0.283 e. The molecule has 0 bridgehead atoms. The SMILES string of the molecule is Cc1cnc(C(=O)N2C[C@@H]3C[C@H](NS(C)(=O)=O)CN3C(=O)[C@@H]2CNC(=O)C(C)C)s1. The van der Waals surface area contributed by atoms with E-state index in [4.69, 9.17) is 0 Å². The minimum atomic E-state index is -3.42. The molecule has 3 atom stereocenters. The molecule has 0 radical (unpaired) electrons. The Morgan fingerprint density at radius 3 is 2.60 bits per heavy atom. The average molecular weight is 458 g/mol. The van der Waals surface area contributed by atoms with Crippen LogP contribution in [0.5, 0.6) is 0 Å². The number of piperazine rings is 1. The second-order valence-corrected chi connectivity index (χ2v) is 11.1. The highest BCUT2D eigenvalue weighted by molar-refractivity contribution is 7.88. The summed E-state index contributed by atoms with van der Waals surface area (Å²) in [6.45, 7) is 5.83. The van der Waals surface area contributed by atoms with Gasteiger partial charge in [-0.3, -0.25) is 14.4 Å². The van der Waals surface area contributed by atoms with Crippen molar-refractivity contribution >= 4 is 39.1 Å².